The number of pyridine rings is 2. The number of aromatic nitrogens is 2. The summed E-state index contributed by atoms with van der Waals surface area (Å²) < 4.78 is 43.7. The number of alkyl halides is 1. The Morgan fingerprint density at radius 2 is 2.03 bits per heavy atom. The molecule has 0 radical (unpaired) electrons. The molecule has 2 aromatic heterocycles. The van der Waals surface area contributed by atoms with Gasteiger partial charge in [-0.25, -0.2) is 13.8 Å². The second-order valence-corrected chi connectivity index (χ2v) is 8.40. The average Bonchev–Trinajstić information content (AvgIpc) is 2.98. The van der Waals surface area contributed by atoms with Gasteiger partial charge in [0.2, 0.25) is 5.67 Å². The topological polar surface area (TPSA) is 103 Å². The molecule has 37 heavy (non-hydrogen) atoms. The molecule has 5 rings (SSSR count). The zero-order valence-electron chi connectivity index (χ0n) is 19.5. The number of ether oxygens (including phenoxy) is 3. The Morgan fingerprint density at radius 1 is 1.22 bits per heavy atom. The summed E-state index contributed by atoms with van der Waals surface area (Å²) in [6.07, 6.45) is 1.36. The van der Waals surface area contributed by atoms with Crippen LogP contribution in [0.15, 0.2) is 54.7 Å². The van der Waals surface area contributed by atoms with Crippen molar-refractivity contribution in [3.63, 3.8) is 0 Å². The standard InChI is InChI=1S/C26H20F2N4O5/c1-32-23-22(6-5-17(30-23)7-9-26(28)14-35-15-26)36-13-21(25(32)34)31-24(33)20-12-19(8-10-29-20)37-18-4-2-3-16(27)11-18/h2-6,8,10-12,21H,13-15H2,1H3,(H,31,33). The Kier molecular flexibility index (Phi) is 6.42. The van der Waals surface area contributed by atoms with Crippen molar-refractivity contribution in [1.29, 1.82) is 0 Å². The van der Waals surface area contributed by atoms with Gasteiger partial charge in [-0.05, 0) is 36.3 Å². The van der Waals surface area contributed by atoms with E-state index in [0.717, 1.165) is 0 Å². The van der Waals surface area contributed by atoms with Gasteiger partial charge in [-0.2, -0.15) is 0 Å². The summed E-state index contributed by atoms with van der Waals surface area (Å²) in [6.45, 7) is -0.343. The molecular formula is C26H20F2N4O5. The van der Waals surface area contributed by atoms with Crippen LogP contribution < -0.4 is 19.7 Å². The van der Waals surface area contributed by atoms with Gasteiger partial charge in [0, 0.05) is 25.4 Å². The lowest BCUT2D eigenvalue weighted by Crippen LogP contribution is -2.49. The van der Waals surface area contributed by atoms with Crippen molar-refractivity contribution in [2.24, 2.45) is 0 Å². The first-order valence-corrected chi connectivity index (χ1v) is 11.2. The molecule has 3 aromatic rings. The molecule has 0 aliphatic carbocycles. The van der Waals surface area contributed by atoms with Crippen LogP contribution in [0.25, 0.3) is 0 Å². The minimum absolute atomic E-state index is 0.0121. The van der Waals surface area contributed by atoms with Crippen LogP contribution in [-0.2, 0) is 9.53 Å². The summed E-state index contributed by atoms with van der Waals surface area (Å²) in [7, 11) is 1.49. The SMILES string of the molecule is CN1C(=O)C(NC(=O)c2cc(Oc3cccc(F)c3)ccn2)COc2ccc(C#CC3(F)COC3)nc21. The Bertz CT molecular complexity index is 1430. The predicted octanol–water partition coefficient (Wildman–Crippen LogP) is 2.65. The quantitative estimate of drug-likeness (QED) is 0.543. The molecule has 1 saturated heterocycles. The van der Waals surface area contributed by atoms with Gasteiger partial charge in [-0.15, -0.1) is 0 Å². The van der Waals surface area contributed by atoms with Crippen molar-refractivity contribution in [2.75, 3.05) is 31.8 Å². The molecule has 2 aliphatic heterocycles. The van der Waals surface area contributed by atoms with E-state index >= 15 is 0 Å². The van der Waals surface area contributed by atoms with Gasteiger partial charge in [0.15, 0.2) is 11.6 Å². The first kappa shape index (κ1) is 24.1. The van der Waals surface area contributed by atoms with Crippen molar-refractivity contribution >= 4 is 17.6 Å². The highest BCUT2D eigenvalue weighted by molar-refractivity contribution is 6.02. The number of likely N-dealkylation sites (N-methyl/N-ethyl adjacent to an activating group) is 1. The van der Waals surface area contributed by atoms with Crippen molar-refractivity contribution in [1.82, 2.24) is 15.3 Å². The number of fused-ring (bicyclic) bond motifs is 1. The lowest BCUT2D eigenvalue weighted by Gasteiger charge is -2.28. The van der Waals surface area contributed by atoms with Crippen molar-refractivity contribution in [3.05, 3.63) is 71.9 Å². The summed E-state index contributed by atoms with van der Waals surface area (Å²) in [4.78, 5) is 35.6. The van der Waals surface area contributed by atoms with Gasteiger partial charge in [-0.3, -0.25) is 19.5 Å². The number of anilines is 1. The van der Waals surface area contributed by atoms with E-state index in [2.05, 4.69) is 27.1 Å². The van der Waals surface area contributed by atoms with E-state index in [-0.39, 0.29) is 48.5 Å². The lowest BCUT2D eigenvalue weighted by molar-refractivity contribution is -0.120. The van der Waals surface area contributed by atoms with E-state index in [1.807, 2.05) is 0 Å². The van der Waals surface area contributed by atoms with E-state index < -0.39 is 29.3 Å². The fourth-order valence-corrected chi connectivity index (χ4v) is 3.57. The first-order valence-electron chi connectivity index (χ1n) is 11.2. The molecule has 2 aliphatic rings. The average molecular weight is 506 g/mol. The summed E-state index contributed by atoms with van der Waals surface area (Å²) in [5, 5.41) is 2.61. The van der Waals surface area contributed by atoms with Crippen LogP contribution in [0, 0.1) is 17.7 Å². The van der Waals surface area contributed by atoms with E-state index in [4.69, 9.17) is 14.2 Å². The Labute approximate surface area is 210 Å². The molecule has 1 unspecified atom stereocenters. The Balaban J connectivity index is 1.29. The van der Waals surface area contributed by atoms with Gasteiger partial charge in [0.05, 0.1) is 13.2 Å². The van der Waals surface area contributed by atoms with E-state index in [1.54, 1.807) is 18.2 Å². The number of halogens is 2. The largest absolute Gasteiger partial charge is 0.487 e. The van der Waals surface area contributed by atoms with Crippen molar-refractivity contribution in [2.45, 2.75) is 11.7 Å². The predicted molar refractivity (Wildman–Crippen MR) is 127 cm³/mol. The minimum atomic E-state index is -1.70. The van der Waals surface area contributed by atoms with E-state index in [0.29, 0.717) is 5.75 Å². The van der Waals surface area contributed by atoms with Crippen LogP contribution in [0.1, 0.15) is 16.2 Å². The number of amides is 2. The molecule has 1 atom stereocenters. The minimum Gasteiger partial charge on any atom is -0.487 e. The van der Waals surface area contributed by atoms with Gasteiger partial charge < -0.3 is 19.5 Å². The number of nitrogens with zero attached hydrogens (tertiary/aromatic N) is 3. The van der Waals surface area contributed by atoms with Crippen LogP contribution in [0.2, 0.25) is 0 Å². The maximum absolute atomic E-state index is 14.1. The maximum atomic E-state index is 14.1. The van der Waals surface area contributed by atoms with Crippen LogP contribution in [0.3, 0.4) is 0 Å². The number of rotatable bonds is 4. The number of carbonyl (C=O) groups excluding carboxylic acids is 2. The molecule has 11 heteroatoms. The van der Waals surface area contributed by atoms with E-state index in [9.17, 15) is 18.4 Å². The van der Waals surface area contributed by atoms with Crippen LogP contribution in [-0.4, -0.2) is 60.4 Å². The third-order valence-corrected chi connectivity index (χ3v) is 5.57. The molecular weight excluding hydrogens is 486 g/mol. The molecule has 0 bridgehead atoms. The van der Waals surface area contributed by atoms with E-state index in [1.165, 1.54) is 48.5 Å². The third-order valence-electron chi connectivity index (χ3n) is 5.57. The molecule has 0 spiro atoms. The molecule has 0 saturated carbocycles. The summed E-state index contributed by atoms with van der Waals surface area (Å²) in [5.74, 6) is 4.59. The van der Waals surface area contributed by atoms with Gasteiger partial charge in [0.1, 0.15) is 41.4 Å². The number of hydrogen-bond donors (Lipinski definition) is 1. The lowest BCUT2D eigenvalue weighted by atomic mass is 10.1. The highest BCUT2D eigenvalue weighted by Crippen LogP contribution is 2.29. The summed E-state index contributed by atoms with van der Waals surface area (Å²) in [6, 6.07) is 10.5. The maximum Gasteiger partial charge on any atom is 0.270 e. The fourth-order valence-electron chi connectivity index (χ4n) is 3.57. The zero-order valence-corrected chi connectivity index (χ0v) is 19.5. The molecule has 1 N–H and O–H groups in total. The fraction of sp³-hybridized carbons (Fsp3) is 0.231. The monoisotopic (exact) mass is 506 g/mol. The van der Waals surface area contributed by atoms with Crippen molar-refractivity contribution in [3.8, 4) is 29.1 Å². The summed E-state index contributed by atoms with van der Waals surface area (Å²) >= 11 is 0. The third kappa shape index (κ3) is 5.34. The van der Waals surface area contributed by atoms with Crippen LogP contribution in [0.4, 0.5) is 14.6 Å². The van der Waals surface area contributed by atoms with Crippen molar-refractivity contribution < 1.29 is 32.6 Å². The molecule has 188 valence electrons. The number of benzene rings is 1. The van der Waals surface area contributed by atoms with Gasteiger partial charge in [0.25, 0.3) is 11.8 Å². The highest BCUT2D eigenvalue weighted by Gasteiger charge is 2.37. The normalized spacial score (nSPS) is 17.8. The second kappa shape index (κ2) is 9.83. The van der Waals surface area contributed by atoms with Crippen LogP contribution in [0.5, 0.6) is 17.2 Å². The van der Waals surface area contributed by atoms with Gasteiger partial charge >= 0.3 is 0 Å². The van der Waals surface area contributed by atoms with Gasteiger partial charge in [-0.1, -0.05) is 12.0 Å². The number of nitrogens with one attached hydrogen (secondary N) is 1. The molecule has 1 aromatic carbocycles. The molecule has 1 fully saturated rings. The Hall–Kier alpha value is -4.56. The first-order chi connectivity index (χ1) is 17.8. The molecule has 4 heterocycles. The molecule has 2 amide bonds. The second-order valence-electron chi connectivity index (χ2n) is 8.40. The highest BCUT2D eigenvalue weighted by atomic mass is 19.1. The smallest absolute Gasteiger partial charge is 0.270 e. The Morgan fingerprint density at radius 3 is 2.78 bits per heavy atom. The zero-order chi connectivity index (χ0) is 26.0. The van der Waals surface area contributed by atoms with Crippen LogP contribution >= 0.6 is 0 Å². The number of hydrogen-bond acceptors (Lipinski definition) is 7. The summed E-state index contributed by atoms with van der Waals surface area (Å²) in [5.41, 5.74) is -1.45. The molecule has 9 nitrogen and oxygen atoms in total. The number of carbonyl (C=O) groups is 2.